The first-order chi connectivity index (χ1) is 6.81. The van der Waals surface area contributed by atoms with Gasteiger partial charge < -0.3 is 5.11 Å². The Bertz CT molecular complexity index is 248. The standard InChI is InChI=1S/C13H20O/c1-2-3-4-5-13(14)12-9-10-6-7-11(12)8-10/h10-14H,4-9H2,1H3. The minimum atomic E-state index is -0.0776. The van der Waals surface area contributed by atoms with E-state index in [1.807, 2.05) is 6.92 Å². The highest BCUT2D eigenvalue weighted by Gasteiger charge is 2.42. The molecule has 2 rings (SSSR count). The quantitative estimate of drug-likeness (QED) is 0.681. The summed E-state index contributed by atoms with van der Waals surface area (Å²) in [5.41, 5.74) is 0. The molecule has 2 aliphatic rings. The van der Waals surface area contributed by atoms with Crippen LogP contribution in [0.1, 0.15) is 45.4 Å². The van der Waals surface area contributed by atoms with E-state index in [0.717, 1.165) is 24.7 Å². The van der Waals surface area contributed by atoms with Crippen molar-refractivity contribution in [3.05, 3.63) is 0 Å². The molecule has 0 aromatic carbocycles. The van der Waals surface area contributed by atoms with Crippen molar-refractivity contribution < 1.29 is 5.11 Å². The molecule has 0 amide bonds. The van der Waals surface area contributed by atoms with Crippen LogP contribution < -0.4 is 0 Å². The fourth-order valence-corrected chi connectivity index (χ4v) is 3.32. The van der Waals surface area contributed by atoms with Crippen molar-refractivity contribution in [1.82, 2.24) is 0 Å². The maximum absolute atomic E-state index is 10.0. The van der Waals surface area contributed by atoms with Gasteiger partial charge in [-0.3, -0.25) is 0 Å². The van der Waals surface area contributed by atoms with Gasteiger partial charge in [0.2, 0.25) is 0 Å². The van der Waals surface area contributed by atoms with Crippen molar-refractivity contribution >= 4 is 0 Å². The van der Waals surface area contributed by atoms with E-state index >= 15 is 0 Å². The molecule has 2 bridgehead atoms. The van der Waals surface area contributed by atoms with Crippen LogP contribution in [0.15, 0.2) is 0 Å². The van der Waals surface area contributed by atoms with Crippen LogP contribution >= 0.6 is 0 Å². The molecule has 2 aliphatic carbocycles. The van der Waals surface area contributed by atoms with Crippen molar-refractivity contribution in [3.8, 4) is 11.8 Å². The van der Waals surface area contributed by atoms with Gasteiger partial charge in [-0.25, -0.2) is 0 Å². The van der Waals surface area contributed by atoms with Crippen LogP contribution in [-0.4, -0.2) is 11.2 Å². The van der Waals surface area contributed by atoms with Gasteiger partial charge in [-0.2, -0.15) is 0 Å². The molecule has 1 N–H and O–H groups in total. The Morgan fingerprint density at radius 2 is 2.21 bits per heavy atom. The normalized spacial score (nSPS) is 36.6. The SMILES string of the molecule is CC#CCCC(O)C1CC2CCC1C2. The van der Waals surface area contributed by atoms with Crippen LogP contribution in [0.25, 0.3) is 0 Å². The van der Waals surface area contributed by atoms with E-state index in [2.05, 4.69) is 11.8 Å². The van der Waals surface area contributed by atoms with Crippen LogP contribution in [-0.2, 0) is 0 Å². The van der Waals surface area contributed by atoms with E-state index in [0.29, 0.717) is 5.92 Å². The smallest absolute Gasteiger partial charge is 0.0580 e. The topological polar surface area (TPSA) is 20.2 Å². The average Bonchev–Trinajstić information content (AvgIpc) is 2.79. The number of hydrogen-bond acceptors (Lipinski definition) is 1. The number of rotatable bonds is 3. The maximum atomic E-state index is 10.0. The highest BCUT2D eigenvalue weighted by atomic mass is 16.3. The molecule has 1 heteroatoms. The summed E-state index contributed by atoms with van der Waals surface area (Å²) in [6.07, 6.45) is 7.13. The number of aliphatic hydroxyl groups is 1. The van der Waals surface area contributed by atoms with Gasteiger partial charge in [0.25, 0.3) is 0 Å². The van der Waals surface area contributed by atoms with Crippen LogP contribution in [0.4, 0.5) is 0 Å². The molecule has 0 aromatic rings. The number of fused-ring (bicyclic) bond motifs is 2. The van der Waals surface area contributed by atoms with Gasteiger partial charge in [-0.15, -0.1) is 11.8 Å². The minimum absolute atomic E-state index is 0.0776. The van der Waals surface area contributed by atoms with E-state index in [-0.39, 0.29) is 6.10 Å². The molecule has 0 aliphatic heterocycles. The molecular weight excluding hydrogens is 172 g/mol. The molecule has 1 nitrogen and oxygen atoms in total. The molecule has 78 valence electrons. The summed E-state index contributed by atoms with van der Waals surface area (Å²) < 4.78 is 0. The van der Waals surface area contributed by atoms with E-state index in [4.69, 9.17) is 0 Å². The number of aliphatic hydroxyl groups excluding tert-OH is 1. The first kappa shape index (κ1) is 10.1. The van der Waals surface area contributed by atoms with Gasteiger partial charge in [0.1, 0.15) is 0 Å². The Morgan fingerprint density at radius 1 is 1.36 bits per heavy atom. The van der Waals surface area contributed by atoms with Crippen molar-refractivity contribution in [2.75, 3.05) is 0 Å². The molecule has 0 heterocycles. The summed E-state index contributed by atoms with van der Waals surface area (Å²) in [4.78, 5) is 0. The Hall–Kier alpha value is -0.480. The van der Waals surface area contributed by atoms with Gasteiger partial charge >= 0.3 is 0 Å². The molecule has 0 aromatic heterocycles. The largest absolute Gasteiger partial charge is 0.393 e. The second kappa shape index (κ2) is 4.36. The average molecular weight is 192 g/mol. The zero-order valence-electron chi connectivity index (χ0n) is 9.00. The second-order valence-electron chi connectivity index (χ2n) is 4.87. The van der Waals surface area contributed by atoms with Gasteiger partial charge in [-0.1, -0.05) is 6.42 Å². The lowest BCUT2D eigenvalue weighted by Gasteiger charge is -2.26. The third-order valence-electron chi connectivity index (χ3n) is 4.03. The van der Waals surface area contributed by atoms with E-state index < -0.39 is 0 Å². The van der Waals surface area contributed by atoms with E-state index in [1.165, 1.54) is 25.7 Å². The molecule has 0 spiro atoms. The van der Waals surface area contributed by atoms with Crippen LogP contribution in [0.3, 0.4) is 0 Å². The third kappa shape index (κ3) is 1.96. The Morgan fingerprint density at radius 3 is 2.79 bits per heavy atom. The predicted molar refractivity (Wildman–Crippen MR) is 57.6 cm³/mol. The number of hydrogen-bond donors (Lipinski definition) is 1. The van der Waals surface area contributed by atoms with Crippen molar-refractivity contribution in [3.63, 3.8) is 0 Å². The molecule has 0 saturated heterocycles. The fraction of sp³-hybridized carbons (Fsp3) is 0.846. The van der Waals surface area contributed by atoms with Gasteiger partial charge in [0.05, 0.1) is 6.10 Å². The summed E-state index contributed by atoms with van der Waals surface area (Å²) in [5, 5.41) is 10.0. The van der Waals surface area contributed by atoms with Gasteiger partial charge in [-0.05, 0) is 50.4 Å². The lowest BCUT2D eigenvalue weighted by atomic mass is 9.83. The van der Waals surface area contributed by atoms with Crippen LogP contribution in [0.5, 0.6) is 0 Å². The molecule has 4 atom stereocenters. The zero-order valence-corrected chi connectivity index (χ0v) is 9.00. The van der Waals surface area contributed by atoms with Crippen LogP contribution in [0, 0.1) is 29.6 Å². The lowest BCUT2D eigenvalue weighted by molar-refractivity contribution is 0.0688. The summed E-state index contributed by atoms with van der Waals surface area (Å²) in [6, 6.07) is 0. The summed E-state index contributed by atoms with van der Waals surface area (Å²) in [6.45, 7) is 1.86. The van der Waals surface area contributed by atoms with Crippen molar-refractivity contribution in [2.45, 2.75) is 51.6 Å². The summed E-state index contributed by atoms with van der Waals surface area (Å²) in [7, 11) is 0. The monoisotopic (exact) mass is 192 g/mol. The van der Waals surface area contributed by atoms with Gasteiger partial charge in [0, 0.05) is 6.42 Å². The highest BCUT2D eigenvalue weighted by molar-refractivity contribution is 4.97. The Balaban J connectivity index is 1.79. The molecule has 4 unspecified atom stereocenters. The molecule has 2 fully saturated rings. The highest BCUT2D eigenvalue weighted by Crippen LogP contribution is 2.49. The third-order valence-corrected chi connectivity index (χ3v) is 4.03. The fourth-order valence-electron chi connectivity index (χ4n) is 3.32. The minimum Gasteiger partial charge on any atom is -0.393 e. The molecule has 0 radical (unpaired) electrons. The van der Waals surface area contributed by atoms with Crippen molar-refractivity contribution in [2.24, 2.45) is 17.8 Å². The summed E-state index contributed by atoms with van der Waals surface area (Å²) in [5.74, 6) is 8.31. The molecular formula is C13H20O. The van der Waals surface area contributed by atoms with Gasteiger partial charge in [0.15, 0.2) is 0 Å². The first-order valence-electron chi connectivity index (χ1n) is 5.89. The van der Waals surface area contributed by atoms with E-state index in [9.17, 15) is 5.11 Å². The lowest BCUT2D eigenvalue weighted by Crippen LogP contribution is -2.25. The predicted octanol–water partition coefficient (Wildman–Crippen LogP) is 2.59. The zero-order chi connectivity index (χ0) is 9.97. The van der Waals surface area contributed by atoms with Crippen LogP contribution in [0.2, 0.25) is 0 Å². The van der Waals surface area contributed by atoms with E-state index in [1.54, 1.807) is 0 Å². The molecule has 14 heavy (non-hydrogen) atoms. The first-order valence-corrected chi connectivity index (χ1v) is 5.89. The Labute approximate surface area is 86.9 Å². The molecule has 2 saturated carbocycles. The maximum Gasteiger partial charge on any atom is 0.0580 e. The van der Waals surface area contributed by atoms with Crippen molar-refractivity contribution in [1.29, 1.82) is 0 Å². The Kier molecular flexibility index (Phi) is 3.13. The summed E-state index contributed by atoms with van der Waals surface area (Å²) >= 11 is 0. The second-order valence-corrected chi connectivity index (χ2v) is 4.87.